The van der Waals surface area contributed by atoms with Gasteiger partial charge in [0.1, 0.15) is 11.5 Å². The third kappa shape index (κ3) is 6.86. The maximum atomic E-state index is 12.2. The van der Waals surface area contributed by atoms with E-state index in [0.29, 0.717) is 11.4 Å². The molecule has 0 bridgehead atoms. The number of carbonyl (C=O) groups excluding carboxylic acids is 1. The Morgan fingerprint density at radius 2 is 1.55 bits per heavy atom. The zero-order valence-corrected chi connectivity index (χ0v) is 16.5. The van der Waals surface area contributed by atoms with Crippen LogP contribution in [0.3, 0.4) is 0 Å². The second-order valence-corrected chi connectivity index (χ2v) is 8.06. The monoisotopic (exact) mass is 432 g/mol. The Balaban J connectivity index is 1.95. The number of ether oxygens (including phenoxy) is 2. The zero-order valence-electron chi connectivity index (χ0n) is 15.7. The number of carbonyl (C=O) groups is 1. The molecule has 0 spiro atoms. The van der Waals surface area contributed by atoms with E-state index in [9.17, 15) is 26.4 Å². The van der Waals surface area contributed by atoms with Crippen LogP contribution in [0.2, 0.25) is 0 Å². The topological polar surface area (TPSA) is 84.9 Å². The highest BCUT2D eigenvalue weighted by molar-refractivity contribution is 7.92. The Morgan fingerprint density at radius 3 is 2.03 bits per heavy atom. The maximum Gasteiger partial charge on any atom is 0.573 e. The number of hydrogen-bond acceptors (Lipinski definition) is 5. The summed E-state index contributed by atoms with van der Waals surface area (Å²) in [4.78, 5) is 12.2. The lowest BCUT2D eigenvalue weighted by molar-refractivity contribution is -0.274. The smallest absolute Gasteiger partial charge is 0.481 e. The van der Waals surface area contributed by atoms with Crippen molar-refractivity contribution in [2.45, 2.75) is 19.4 Å². The molecule has 0 aromatic heterocycles. The summed E-state index contributed by atoms with van der Waals surface area (Å²) in [5.74, 6) is -0.585. The number of amides is 1. The fourth-order valence-electron chi connectivity index (χ4n) is 2.17. The molecule has 11 heteroatoms. The number of nitrogens with one attached hydrogen (secondary N) is 1. The lowest BCUT2D eigenvalue weighted by Gasteiger charge is -2.18. The minimum Gasteiger partial charge on any atom is -0.481 e. The average Bonchev–Trinajstić information content (AvgIpc) is 2.61. The Bertz CT molecular complexity index is 945. The van der Waals surface area contributed by atoms with Crippen LogP contribution < -0.4 is 19.1 Å². The molecular weight excluding hydrogens is 413 g/mol. The molecule has 1 N–H and O–H groups in total. The number of anilines is 2. The summed E-state index contributed by atoms with van der Waals surface area (Å²) in [5, 5.41) is 2.51. The van der Waals surface area contributed by atoms with E-state index in [1.165, 1.54) is 50.4 Å². The number of nitrogens with zero attached hydrogens (tertiary/aromatic N) is 1. The minimum absolute atomic E-state index is 0.269. The fourth-order valence-corrected chi connectivity index (χ4v) is 2.67. The van der Waals surface area contributed by atoms with Crippen LogP contribution >= 0.6 is 0 Å². The van der Waals surface area contributed by atoms with Gasteiger partial charge in [0, 0.05) is 12.7 Å². The van der Waals surface area contributed by atoms with Crippen molar-refractivity contribution in [2.24, 2.45) is 0 Å². The number of halogens is 3. The molecule has 2 rings (SSSR count). The standard InChI is InChI=1S/C18H19F3N2O5S/c1-12(27-15-10-6-14(7-11-15)23(2)29(3,25)26)17(24)22-13-4-8-16(9-5-13)28-18(19,20)21/h4-12H,1-3H3,(H,22,24)/t12-/m0/s1. The van der Waals surface area contributed by atoms with Gasteiger partial charge in [0.15, 0.2) is 6.10 Å². The molecule has 0 heterocycles. The van der Waals surface area contributed by atoms with Gasteiger partial charge in [-0.1, -0.05) is 0 Å². The summed E-state index contributed by atoms with van der Waals surface area (Å²) in [7, 11) is -1.99. The van der Waals surface area contributed by atoms with Crippen LogP contribution in [-0.2, 0) is 14.8 Å². The molecular formula is C18H19F3N2O5S. The first-order valence-electron chi connectivity index (χ1n) is 8.22. The largest absolute Gasteiger partial charge is 0.573 e. The molecule has 0 unspecified atom stereocenters. The molecule has 2 aromatic rings. The SMILES string of the molecule is C[C@H](Oc1ccc(N(C)S(C)(=O)=O)cc1)C(=O)Nc1ccc(OC(F)(F)F)cc1. The molecule has 158 valence electrons. The first-order chi connectivity index (χ1) is 13.3. The van der Waals surface area contributed by atoms with E-state index in [4.69, 9.17) is 4.74 Å². The Labute approximate surface area is 166 Å². The van der Waals surface area contributed by atoms with Gasteiger partial charge in [-0.25, -0.2) is 8.42 Å². The molecule has 0 radical (unpaired) electrons. The van der Waals surface area contributed by atoms with Crippen molar-refractivity contribution in [3.8, 4) is 11.5 Å². The van der Waals surface area contributed by atoms with E-state index in [1.54, 1.807) is 0 Å². The predicted octanol–water partition coefficient (Wildman–Crippen LogP) is 3.39. The van der Waals surface area contributed by atoms with Gasteiger partial charge in [0.25, 0.3) is 5.91 Å². The highest BCUT2D eigenvalue weighted by atomic mass is 32.2. The lowest BCUT2D eigenvalue weighted by atomic mass is 10.2. The Hall–Kier alpha value is -2.95. The highest BCUT2D eigenvalue weighted by Crippen LogP contribution is 2.24. The van der Waals surface area contributed by atoms with Crippen LogP contribution in [0.1, 0.15) is 6.92 Å². The Kier molecular flexibility index (Phi) is 6.62. The van der Waals surface area contributed by atoms with Crippen molar-refractivity contribution in [3.05, 3.63) is 48.5 Å². The average molecular weight is 432 g/mol. The molecule has 0 saturated carbocycles. The highest BCUT2D eigenvalue weighted by Gasteiger charge is 2.31. The minimum atomic E-state index is -4.79. The van der Waals surface area contributed by atoms with Gasteiger partial charge in [-0.3, -0.25) is 9.10 Å². The molecule has 2 aromatic carbocycles. The van der Waals surface area contributed by atoms with Gasteiger partial charge < -0.3 is 14.8 Å². The zero-order chi connectivity index (χ0) is 21.8. The molecule has 0 saturated heterocycles. The quantitative estimate of drug-likeness (QED) is 0.725. The second kappa shape index (κ2) is 8.60. The predicted molar refractivity (Wildman–Crippen MR) is 102 cm³/mol. The van der Waals surface area contributed by atoms with Crippen LogP contribution in [-0.4, -0.2) is 40.1 Å². The van der Waals surface area contributed by atoms with E-state index in [1.807, 2.05) is 0 Å². The van der Waals surface area contributed by atoms with Crippen LogP contribution in [0, 0.1) is 0 Å². The van der Waals surface area contributed by atoms with Crippen molar-refractivity contribution in [1.82, 2.24) is 0 Å². The van der Waals surface area contributed by atoms with Crippen molar-refractivity contribution in [2.75, 3.05) is 22.9 Å². The van der Waals surface area contributed by atoms with E-state index in [0.717, 1.165) is 22.7 Å². The summed E-state index contributed by atoms with van der Waals surface area (Å²) in [6.45, 7) is 1.49. The maximum absolute atomic E-state index is 12.2. The number of rotatable bonds is 7. The van der Waals surface area contributed by atoms with Crippen molar-refractivity contribution in [1.29, 1.82) is 0 Å². The van der Waals surface area contributed by atoms with Crippen LogP contribution in [0.25, 0.3) is 0 Å². The summed E-state index contributed by atoms with van der Waals surface area (Å²) >= 11 is 0. The summed E-state index contributed by atoms with van der Waals surface area (Å²) in [5.41, 5.74) is 0.697. The summed E-state index contributed by atoms with van der Waals surface area (Å²) < 4.78 is 69.9. The third-order valence-corrected chi connectivity index (χ3v) is 4.94. The molecule has 0 aliphatic rings. The summed E-state index contributed by atoms with van der Waals surface area (Å²) in [6, 6.07) is 10.8. The number of benzene rings is 2. The van der Waals surface area contributed by atoms with Crippen LogP contribution in [0.4, 0.5) is 24.5 Å². The molecule has 7 nitrogen and oxygen atoms in total. The van der Waals surface area contributed by atoms with E-state index >= 15 is 0 Å². The molecule has 1 amide bonds. The normalized spacial score (nSPS) is 12.8. The van der Waals surface area contributed by atoms with Crippen LogP contribution in [0.15, 0.2) is 48.5 Å². The molecule has 0 aliphatic heterocycles. The number of hydrogen-bond donors (Lipinski definition) is 1. The molecule has 29 heavy (non-hydrogen) atoms. The first-order valence-corrected chi connectivity index (χ1v) is 10.1. The summed E-state index contributed by atoms with van der Waals surface area (Å²) in [6.07, 6.45) is -4.63. The molecule has 0 fully saturated rings. The van der Waals surface area contributed by atoms with E-state index in [-0.39, 0.29) is 5.69 Å². The van der Waals surface area contributed by atoms with Crippen molar-refractivity contribution >= 4 is 27.3 Å². The fraction of sp³-hybridized carbons (Fsp3) is 0.278. The second-order valence-electron chi connectivity index (χ2n) is 6.05. The first kappa shape index (κ1) is 22.3. The number of sulfonamides is 1. The van der Waals surface area contributed by atoms with Gasteiger partial charge in [-0.05, 0) is 55.5 Å². The van der Waals surface area contributed by atoms with Gasteiger partial charge in [0.05, 0.1) is 11.9 Å². The third-order valence-electron chi connectivity index (χ3n) is 3.74. The Morgan fingerprint density at radius 1 is 1.03 bits per heavy atom. The van der Waals surface area contributed by atoms with E-state index < -0.39 is 34.1 Å². The molecule has 1 atom stereocenters. The van der Waals surface area contributed by atoms with Crippen molar-refractivity contribution < 1.29 is 35.9 Å². The number of alkyl halides is 3. The van der Waals surface area contributed by atoms with E-state index in [2.05, 4.69) is 10.1 Å². The molecule has 0 aliphatic carbocycles. The van der Waals surface area contributed by atoms with Crippen LogP contribution in [0.5, 0.6) is 11.5 Å². The van der Waals surface area contributed by atoms with Gasteiger partial charge >= 0.3 is 6.36 Å². The van der Waals surface area contributed by atoms with Gasteiger partial charge in [-0.15, -0.1) is 13.2 Å². The van der Waals surface area contributed by atoms with Crippen molar-refractivity contribution in [3.63, 3.8) is 0 Å². The van der Waals surface area contributed by atoms with Gasteiger partial charge in [0.2, 0.25) is 10.0 Å². The lowest BCUT2D eigenvalue weighted by Crippen LogP contribution is -2.30. The van der Waals surface area contributed by atoms with Gasteiger partial charge in [-0.2, -0.15) is 0 Å².